The molecule has 58 valence electrons. The minimum absolute atomic E-state index is 0.186. The van der Waals surface area contributed by atoms with Gasteiger partial charge >= 0.3 is 0 Å². The number of hydrogen-bond donors (Lipinski definition) is 0. The first-order chi connectivity index (χ1) is 4.86. The van der Waals surface area contributed by atoms with Gasteiger partial charge in [-0.15, -0.1) is 0 Å². The van der Waals surface area contributed by atoms with Crippen molar-refractivity contribution >= 4 is 6.29 Å². The molecule has 0 aliphatic carbocycles. The van der Waals surface area contributed by atoms with Crippen molar-refractivity contribution in [2.75, 3.05) is 26.2 Å². The minimum Gasteiger partial charge on any atom is -0.368 e. The molecule has 0 N–H and O–H groups in total. The zero-order valence-corrected chi connectivity index (χ0v) is 6.25. The molecular formula is C7H13NO2. The molecule has 0 saturated carbocycles. The second-order valence-electron chi connectivity index (χ2n) is 2.44. The summed E-state index contributed by atoms with van der Waals surface area (Å²) in [6, 6.07) is 0. The van der Waals surface area contributed by atoms with Crippen LogP contribution in [0, 0.1) is 0 Å². The van der Waals surface area contributed by atoms with E-state index in [1.165, 1.54) is 0 Å². The molecule has 1 atom stereocenters. The number of hydrogen-bond acceptors (Lipinski definition) is 3. The molecule has 0 spiro atoms. The maximum Gasteiger partial charge on any atom is 0.150 e. The summed E-state index contributed by atoms with van der Waals surface area (Å²) in [5.74, 6) is 0. The van der Waals surface area contributed by atoms with Gasteiger partial charge in [0.15, 0.2) is 0 Å². The number of carbonyl (C=O) groups excluding carboxylic acids is 1. The highest BCUT2D eigenvalue weighted by Crippen LogP contribution is 2.01. The Kier molecular flexibility index (Phi) is 2.83. The summed E-state index contributed by atoms with van der Waals surface area (Å²) < 4.78 is 5.15. The summed E-state index contributed by atoms with van der Waals surface area (Å²) in [4.78, 5) is 12.5. The Morgan fingerprint density at radius 2 is 2.60 bits per heavy atom. The normalized spacial score (nSPS) is 28.3. The molecule has 1 heterocycles. The lowest BCUT2D eigenvalue weighted by Gasteiger charge is -2.28. The van der Waals surface area contributed by atoms with E-state index >= 15 is 0 Å². The van der Waals surface area contributed by atoms with E-state index < -0.39 is 0 Å². The lowest BCUT2D eigenvalue weighted by molar-refractivity contribution is -0.123. The van der Waals surface area contributed by atoms with Gasteiger partial charge in [0.2, 0.25) is 0 Å². The smallest absolute Gasteiger partial charge is 0.150 e. The number of morpholine rings is 1. The predicted molar refractivity (Wildman–Crippen MR) is 37.9 cm³/mol. The zero-order chi connectivity index (χ0) is 7.40. The summed E-state index contributed by atoms with van der Waals surface area (Å²) in [6.45, 7) is 5.51. The van der Waals surface area contributed by atoms with Gasteiger partial charge in [-0.1, -0.05) is 6.92 Å². The van der Waals surface area contributed by atoms with Crippen LogP contribution in [0.5, 0.6) is 0 Å². The molecule has 0 aromatic carbocycles. The summed E-state index contributed by atoms with van der Waals surface area (Å²) in [5.41, 5.74) is 0. The van der Waals surface area contributed by atoms with E-state index in [-0.39, 0.29) is 6.10 Å². The van der Waals surface area contributed by atoms with Gasteiger partial charge < -0.3 is 9.53 Å². The average molecular weight is 143 g/mol. The van der Waals surface area contributed by atoms with Crippen LogP contribution in [-0.4, -0.2) is 43.5 Å². The fourth-order valence-corrected chi connectivity index (χ4v) is 1.10. The molecule has 1 unspecified atom stereocenters. The Morgan fingerprint density at radius 3 is 3.20 bits per heavy atom. The average Bonchev–Trinajstić information content (AvgIpc) is 2.05. The van der Waals surface area contributed by atoms with Crippen LogP contribution in [0.3, 0.4) is 0 Å². The first kappa shape index (κ1) is 7.69. The van der Waals surface area contributed by atoms with Crippen molar-refractivity contribution < 1.29 is 9.53 Å². The quantitative estimate of drug-likeness (QED) is 0.506. The van der Waals surface area contributed by atoms with Crippen molar-refractivity contribution in [1.82, 2.24) is 4.90 Å². The summed E-state index contributed by atoms with van der Waals surface area (Å²) in [5, 5.41) is 0. The Morgan fingerprint density at radius 1 is 1.80 bits per heavy atom. The highest BCUT2D eigenvalue weighted by atomic mass is 16.5. The number of ether oxygens (including phenoxy) is 1. The SMILES string of the molecule is CCN1CCOC(C=O)C1. The van der Waals surface area contributed by atoms with Gasteiger partial charge in [0, 0.05) is 13.1 Å². The number of aldehydes is 1. The van der Waals surface area contributed by atoms with Gasteiger partial charge in [-0.05, 0) is 6.54 Å². The topological polar surface area (TPSA) is 29.5 Å². The zero-order valence-electron chi connectivity index (χ0n) is 6.25. The Labute approximate surface area is 61.0 Å². The van der Waals surface area contributed by atoms with Crippen LogP contribution in [-0.2, 0) is 9.53 Å². The second kappa shape index (κ2) is 3.68. The summed E-state index contributed by atoms with van der Waals surface area (Å²) in [7, 11) is 0. The van der Waals surface area contributed by atoms with Crippen molar-refractivity contribution in [3.63, 3.8) is 0 Å². The maximum atomic E-state index is 10.3. The fraction of sp³-hybridized carbons (Fsp3) is 0.857. The van der Waals surface area contributed by atoms with E-state index in [2.05, 4.69) is 11.8 Å². The van der Waals surface area contributed by atoms with Crippen LogP contribution in [0.25, 0.3) is 0 Å². The molecule has 0 amide bonds. The molecule has 0 aromatic heterocycles. The standard InChI is InChI=1S/C7H13NO2/c1-2-8-3-4-10-7(5-8)6-9/h6-7H,2-5H2,1H3. The van der Waals surface area contributed by atoms with E-state index in [1.807, 2.05) is 0 Å². The van der Waals surface area contributed by atoms with Crippen molar-refractivity contribution in [2.45, 2.75) is 13.0 Å². The van der Waals surface area contributed by atoms with Crippen molar-refractivity contribution in [3.05, 3.63) is 0 Å². The second-order valence-corrected chi connectivity index (χ2v) is 2.44. The van der Waals surface area contributed by atoms with Gasteiger partial charge in [-0.3, -0.25) is 4.90 Å². The van der Waals surface area contributed by atoms with E-state index in [0.29, 0.717) is 6.61 Å². The molecule has 0 aromatic rings. The van der Waals surface area contributed by atoms with Crippen LogP contribution < -0.4 is 0 Å². The van der Waals surface area contributed by atoms with Crippen LogP contribution in [0.1, 0.15) is 6.92 Å². The third-order valence-corrected chi connectivity index (χ3v) is 1.78. The van der Waals surface area contributed by atoms with Crippen LogP contribution in [0.15, 0.2) is 0 Å². The van der Waals surface area contributed by atoms with E-state index in [4.69, 9.17) is 4.74 Å². The van der Waals surface area contributed by atoms with Crippen molar-refractivity contribution in [1.29, 1.82) is 0 Å². The molecule has 1 rings (SSSR count). The number of likely N-dealkylation sites (N-methyl/N-ethyl adjacent to an activating group) is 1. The molecule has 3 nitrogen and oxygen atoms in total. The molecular weight excluding hydrogens is 130 g/mol. The number of rotatable bonds is 2. The molecule has 3 heteroatoms. The molecule has 1 fully saturated rings. The van der Waals surface area contributed by atoms with Gasteiger partial charge in [-0.2, -0.15) is 0 Å². The molecule has 10 heavy (non-hydrogen) atoms. The highest BCUT2D eigenvalue weighted by molar-refractivity contribution is 5.56. The highest BCUT2D eigenvalue weighted by Gasteiger charge is 2.17. The predicted octanol–water partition coefficient (Wildman–Crippen LogP) is -0.0940. The Balaban J connectivity index is 2.31. The molecule has 1 aliphatic heterocycles. The fourth-order valence-electron chi connectivity index (χ4n) is 1.10. The Bertz CT molecular complexity index is 116. The third kappa shape index (κ3) is 1.78. The summed E-state index contributed by atoms with van der Waals surface area (Å²) >= 11 is 0. The van der Waals surface area contributed by atoms with Gasteiger partial charge in [0.1, 0.15) is 12.4 Å². The minimum atomic E-state index is -0.186. The molecule has 1 saturated heterocycles. The molecule has 0 bridgehead atoms. The lowest BCUT2D eigenvalue weighted by Crippen LogP contribution is -2.42. The van der Waals surface area contributed by atoms with Crippen molar-refractivity contribution in [3.8, 4) is 0 Å². The monoisotopic (exact) mass is 143 g/mol. The van der Waals surface area contributed by atoms with Crippen molar-refractivity contribution in [2.24, 2.45) is 0 Å². The maximum absolute atomic E-state index is 10.3. The molecule has 0 radical (unpaired) electrons. The number of carbonyl (C=O) groups is 1. The van der Waals surface area contributed by atoms with Crippen LogP contribution >= 0.6 is 0 Å². The van der Waals surface area contributed by atoms with Crippen LogP contribution in [0.2, 0.25) is 0 Å². The van der Waals surface area contributed by atoms with E-state index in [9.17, 15) is 4.79 Å². The summed E-state index contributed by atoms with van der Waals surface area (Å²) in [6.07, 6.45) is 0.690. The Hall–Kier alpha value is -0.410. The lowest BCUT2D eigenvalue weighted by atomic mass is 10.3. The third-order valence-electron chi connectivity index (χ3n) is 1.78. The largest absolute Gasteiger partial charge is 0.368 e. The van der Waals surface area contributed by atoms with E-state index in [0.717, 1.165) is 25.9 Å². The van der Waals surface area contributed by atoms with Crippen LogP contribution in [0.4, 0.5) is 0 Å². The van der Waals surface area contributed by atoms with Gasteiger partial charge in [-0.25, -0.2) is 0 Å². The molecule has 1 aliphatic rings. The first-order valence-corrected chi connectivity index (χ1v) is 3.66. The van der Waals surface area contributed by atoms with E-state index in [1.54, 1.807) is 0 Å². The first-order valence-electron chi connectivity index (χ1n) is 3.66. The van der Waals surface area contributed by atoms with Gasteiger partial charge in [0.05, 0.1) is 6.61 Å². The van der Waals surface area contributed by atoms with Gasteiger partial charge in [0.25, 0.3) is 0 Å². The number of nitrogens with zero attached hydrogens (tertiary/aromatic N) is 1.